The van der Waals surface area contributed by atoms with Gasteiger partial charge in [-0.15, -0.1) is 0 Å². The summed E-state index contributed by atoms with van der Waals surface area (Å²) in [5.41, 5.74) is 0.579. The van der Waals surface area contributed by atoms with E-state index in [1.807, 2.05) is 6.92 Å². The molecule has 0 aliphatic rings. The first-order chi connectivity index (χ1) is 10.7. The van der Waals surface area contributed by atoms with E-state index in [1.54, 1.807) is 0 Å². The van der Waals surface area contributed by atoms with Crippen molar-refractivity contribution in [3.05, 3.63) is 0 Å². The lowest BCUT2D eigenvalue weighted by molar-refractivity contribution is -0.145. The molecule has 0 saturated carbocycles. The molecular formula is C21H42O2. The third kappa shape index (κ3) is 16.1. The van der Waals surface area contributed by atoms with E-state index in [2.05, 4.69) is 34.6 Å². The third-order valence-electron chi connectivity index (χ3n) is 4.46. The van der Waals surface area contributed by atoms with Crippen LogP contribution in [0.2, 0.25) is 0 Å². The summed E-state index contributed by atoms with van der Waals surface area (Å²) in [5.74, 6) is -0.0484. The van der Waals surface area contributed by atoms with Crippen LogP contribution in [-0.4, -0.2) is 12.6 Å². The lowest BCUT2D eigenvalue weighted by Crippen LogP contribution is -2.18. The number of rotatable bonds is 13. The first kappa shape index (κ1) is 22.5. The quantitative estimate of drug-likeness (QED) is 0.271. The van der Waals surface area contributed by atoms with Gasteiger partial charge in [0.15, 0.2) is 0 Å². The lowest BCUT2D eigenvalue weighted by Gasteiger charge is -2.23. The standard InChI is InChI=1S/C21H42O2/c1-7-23-19(22)18-21(5,6)17-15-13-11-9-8-10-12-14-16-20(2,3)4/h7-18H2,1-6H3. The Morgan fingerprint density at radius 2 is 1.17 bits per heavy atom. The van der Waals surface area contributed by atoms with Crippen molar-refractivity contribution >= 4 is 5.97 Å². The molecular weight excluding hydrogens is 284 g/mol. The van der Waals surface area contributed by atoms with Crippen LogP contribution in [0.25, 0.3) is 0 Å². The Kier molecular flexibility index (Phi) is 11.6. The van der Waals surface area contributed by atoms with Crippen molar-refractivity contribution in [2.75, 3.05) is 6.61 Å². The maximum Gasteiger partial charge on any atom is 0.306 e. The number of carbonyl (C=O) groups excluding carboxylic acids is 1. The Labute approximate surface area is 145 Å². The van der Waals surface area contributed by atoms with Crippen LogP contribution in [-0.2, 0) is 9.53 Å². The molecule has 0 unspecified atom stereocenters. The summed E-state index contributed by atoms with van der Waals surface area (Å²) in [4.78, 5) is 11.6. The second kappa shape index (κ2) is 11.9. The van der Waals surface area contributed by atoms with Crippen LogP contribution in [0.4, 0.5) is 0 Å². The summed E-state index contributed by atoms with van der Waals surface area (Å²) in [6.07, 6.45) is 13.8. The third-order valence-corrected chi connectivity index (χ3v) is 4.46. The Morgan fingerprint density at radius 3 is 1.61 bits per heavy atom. The predicted molar refractivity (Wildman–Crippen MR) is 101 cm³/mol. The van der Waals surface area contributed by atoms with E-state index in [0.717, 1.165) is 6.42 Å². The Balaban J connectivity index is 3.46. The molecule has 0 aromatic carbocycles. The van der Waals surface area contributed by atoms with Gasteiger partial charge in [0, 0.05) is 0 Å². The Morgan fingerprint density at radius 1 is 0.739 bits per heavy atom. The first-order valence-electron chi connectivity index (χ1n) is 9.82. The minimum Gasteiger partial charge on any atom is -0.466 e. The van der Waals surface area contributed by atoms with Gasteiger partial charge in [-0.2, -0.15) is 0 Å². The Bertz CT molecular complexity index is 299. The second-order valence-corrected chi connectivity index (χ2v) is 9.04. The van der Waals surface area contributed by atoms with Gasteiger partial charge >= 0.3 is 5.97 Å². The van der Waals surface area contributed by atoms with Crippen LogP contribution in [0.1, 0.15) is 112 Å². The molecule has 0 spiro atoms. The number of carbonyl (C=O) groups is 1. The average molecular weight is 327 g/mol. The highest BCUT2D eigenvalue weighted by Crippen LogP contribution is 2.28. The fourth-order valence-corrected chi connectivity index (χ4v) is 3.01. The summed E-state index contributed by atoms with van der Waals surface area (Å²) in [6, 6.07) is 0. The fourth-order valence-electron chi connectivity index (χ4n) is 3.01. The van der Waals surface area contributed by atoms with Gasteiger partial charge in [-0.1, -0.05) is 86.0 Å². The number of esters is 1. The number of hydrogen-bond donors (Lipinski definition) is 0. The van der Waals surface area contributed by atoms with E-state index in [9.17, 15) is 4.79 Å². The molecule has 0 amide bonds. The molecule has 2 heteroatoms. The number of unbranched alkanes of at least 4 members (excludes halogenated alkanes) is 7. The van der Waals surface area contributed by atoms with Crippen LogP contribution in [0, 0.1) is 10.8 Å². The zero-order valence-electron chi connectivity index (χ0n) is 16.8. The predicted octanol–water partition coefficient (Wildman–Crippen LogP) is 6.91. The summed E-state index contributed by atoms with van der Waals surface area (Å²) >= 11 is 0. The van der Waals surface area contributed by atoms with Gasteiger partial charge < -0.3 is 4.74 Å². The largest absolute Gasteiger partial charge is 0.466 e. The summed E-state index contributed by atoms with van der Waals surface area (Å²) in [5, 5.41) is 0. The monoisotopic (exact) mass is 326 g/mol. The molecule has 138 valence electrons. The molecule has 0 bridgehead atoms. The molecule has 0 saturated heterocycles. The van der Waals surface area contributed by atoms with Gasteiger partial charge in [0.2, 0.25) is 0 Å². The highest BCUT2D eigenvalue weighted by Gasteiger charge is 2.22. The Hall–Kier alpha value is -0.530. The van der Waals surface area contributed by atoms with Gasteiger partial charge in [0.25, 0.3) is 0 Å². The molecule has 0 aromatic heterocycles. The molecule has 0 fully saturated rings. The van der Waals surface area contributed by atoms with Crippen LogP contribution in [0.5, 0.6) is 0 Å². The van der Waals surface area contributed by atoms with Crippen molar-refractivity contribution in [3.63, 3.8) is 0 Å². The van der Waals surface area contributed by atoms with Crippen LogP contribution >= 0.6 is 0 Å². The van der Waals surface area contributed by atoms with Crippen LogP contribution in [0.3, 0.4) is 0 Å². The molecule has 0 N–H and O–H groups in total. The second-order valence-electron chi connectivity index (χ2n) is 9.04. The van der Waals surface area contributed by atoms with Crippen molar-refractivity contribution in [2.24, 2.45) is 10.8 Å². The first-order valence-corrected chi connectivity index (χ1v) is 9.82. The smallest absolute Gasteiger partial charge is 0.306 e. The van der Waals surface area contributed by atoms with Crippen molar-refractivity contribution in [1.82, 2.24) is 0 Å². The summed E-state index contributed by atoms with van der Waals surface area (Å²) in [6.45, 7) is 13.7. The summed E-state index contributed by atoms with van der Waals surface area (Å²) < 4.78 is 5.05. The van der Waals surface area contributed by atoms with Crippen molar-refractivity contribution in [2.45, 2.75) is 112 Å². The maximum atomic E-state index is 11.6. The highest BCUT2D eigenvalue weighted by atomic mass is 16.5. The van der Waals surface area contributed by atoms with E-state index in [-0.39, 0.29) is 11.4 Å². The molecule has 0 rings (SSSR count). The van der Waals surface area contributed by atoms with Gasteiger partial charge in [0.1, 0.15) is 0 Å². The molecule has 0 heterocycles. The topological polar surface area (TPSA) is 26.3 Å². The maximum absolute atomic E-state index is 11.6. The molecule has 0 atom stereocenters. The SMILES string of the molecule is CCOC(=O)CC(C)(C)CCCCCCCCCCC(C)(C)C. The van der Waals surface area contributed by atoms with E-state index >= 15 is 0 Å². The van der Waals surface area contributed by atoms with E-state index in [4.69, 9.17) is 4.74 Å². The van der Waals surface area contributed by atoms with Crippen molar-refractivity contribution in [1.29, 1.82) is 0 Å². The van der Waals surface area contributed by atoms with Crippen molar-refractivity contribution < 1.29 is 9.53 Å². The van der Waals surface area contributed by atoms with Crippen LogP contribution < -0.4 is 0 Å². The zero-order chi connectivity index (χ0) is 17.8. The molecule has 0 aromatic rings. The molecule has 0 aliphatic carbocycles. The zero-order valence-corrected chi connectivity index (χ0v) is 16.8. The van der Waals surface area contributed by atoms with E-state index < -0.39 is 0 Å². The fraction of sp³-hybridized carbons (Fsp3) is 0.952. The minimum atomic E-state index is -0.0484. The van der Waals surface area contributed by atoms with Crippen LogP contribution in [0.15, 0.2) is 0 Å². The molecule has 23 heavy (non-hydrogen) atoms. The molecule has 0 radical (unpaired) electrons. The molecule has 2 nitrogen and oxygen atoms in total. The number of ether oxygens (including phenoxy) is 1. The van der Waals surface area contributed by atoms with Gasteiger partial charge in [-0.25, -0.2) is 0 Å². The van der Waals surface area contributed by atoms with Crippen molar-refractivity contribution in [3.8, 4) is 0 Å². The summed E-state index contributed by atoms with van der Waals surface area (Å²) in [7, 11) is 0. The van der Waals surface area contributed by atoms with Gasteiger partial charge in [-0.3, -0.25) is 4.79 Å². The minimum absolute atomic E-state index is 0.0484. The normalized spacial score (nSPS) is 12.4. The highest BCUT2D eigenvalue weighted by molar-refractivity contribution is 5.70. The van der Waals surface area contributed by atoms with E-state index in [1.165, 1.54) is 57.8 Å². The van der Waals surface area contributed by atoms with E-state index in [0.29, 0.717) is 18.4 Å². The average Bonchev–Trinajstić information content (AvgIpc) is 2.39. The number of hydrogen-bond acceptors (Lipinski definition) is 2. The van der Waals surface area contributed by atoms with Gasteiger partial charge in [0.05, 0.1) is 13.0 Å². The lowest BCUT2D eigenvalue weighted by atomic mass is 9.83. The molecule has 0 aliphatic heterocycles. The van der Waals surface area contributed by atoms with Gasteiger partial charge in [-0.05, 0) is 30.6 Å².